The molecule has 0 aliphatic heterocycles. The Labute approximate surface area is 173 Å². The second kappa shape index (κ2) is 6.76. The number of hydrogen-bond donors (Lipinski definition) is 0. The fourth-order valence-corrected chi connectivity index (χ4v) is 3.95. The summed E-state index contributed by atoms with van der Waals surface area (Å²) in [5.74, 6) is 1.25. The van der Waals surface area contributed by atoms with Crippen LogP contribution in [0.25, 0.3) is 22.6 Å². The van der Waals surface area contributed by atoms with E-state index in [1.165, 1.54) is 9.13 Å². The number of nitrogens with zero attached hydrogens (tertiary/aromatic N) is 5. The fraction of sp³-hybridized carbons (Fsp3) is 0.318. The second-order valence-electron chi connectivity index (χ2n) is 7.59. The van der Waals surface area contributed by atoms with Crippen LogP contribution in [0, 0.1) is 20.8 Å². The van der Waals surface area contributed by atoms with Gasteiger partial charge in [-0.1, -0.05) is 12.1 Å². The van der Waals surface area contributed by atoms with Crippen molar-refractivity contribution in [2.24, 2.45) is 7.05 Å². The number of imidazole rings is 2. The molecule has 0 saturated carbocycles. The van der Waals surface area contributed by atoms with Crippen LogP contribution in [0.2, 0.25) is 0 Å². The minimum atomic E-state index is -0.438. The molecular formula is C22H25N5O3. The van der Waals surface area contributed by atoms with Gasteiger partial charge in [-0.3, -0.25) is 22.9 Å². The topological polar surface area (TPSA) is 75.5 Å². The summed E-state index contributed by atoms with van der Waals surface area (Å²) in [7, 11) is 3.25. The van der Waals surface area contributed by atoms with Crippen molar-refractivity contribution in [3.63, 3.8) is 0 Å². The zero-order valence-electron chi connectivity index (χ0n) is 18.1. The van der Waals surface area contributed by atoms with E-state index in [2.05, 4.69) is 6.58 Å². The lowest BCUT2D eigenvalue weighted by Crippen LogP contribution is -2.40. The molecule has 1 aromatic carbocycles. The van der Waals surface area contributed by atoms with E-state index in [9.17, 15) is 9.59 Å². The molecule has 8 nitrogen and oxygen atoms in total. The molecule has 0 spiro atoms. The van der Waals surface area contributed by atoms with E-state index in [0.29, 0.717) is 22.7 Å². The Bertz CT molecular complexity index is 1450. The fourth-order valence-electron chi connectivity index (χ4n) is 3.95. The number of fused-ring (bicyclic) bond motifs is 3. The molecule has 0 aliphatic rings. The van der Waals surface area contributed by atoms with E-state index >= 15 is 0 Å². The number of hydrogen-bond acceptors (Lipinski definition) is 4. The molecule has 3 heterocycles. The van der Waals surface area contributed by atoms with Gasteiger partial charge in [-0.05, 0) is 45.4 Å². The molecule has 0 radical (unpaired) electrons. The van der Waals surface area contributed by atoms with Crippen LogP contribution in [0.3, 0.4) is 0 Å². The minimum Gasteiger partial charge on any atom is -0.495 e. The number of aromatic nitrogens is 5. The smallest absolute Gasteiger partial charge is 0.333 e. The molecule has 0 N–H and O–H groups in total. The molecule has 0 aliphatic carbocycles. The Balaban J connectivity index is 2.24. The number of aryl methyl sites for hydroxylation is 3. The van der Waals surface area contributed by atoms with Crippen molar-refractivity contribution in [1.29, 1.82) is 0 Å². The van der Waals surface area contributed by atoms with Crippen molar-refractivity contribution in [2.45, 2.75) is 33.7 Å². The van der Waals surface area contributed by atoms with Crippen molar-refractivity contribution < 1.29 is 4.74 Å². The summed E-state index contributed by atoms with van der Waals surface area (Å²) in [4.78, 5) is 30.9. The van der Waals surface area contributed by atoms with Gasteiger partial charge in [0.15, 0.2) is 11.2 Å². The zero-order chi connectivity index (χ0) is 21.9. The Morgan fingerprint density at radius 1 is 1.17 bits per heavy atom. The predicted octanol–water partition coefficient (Wildman–Crippen LogP) is 2.82. The highest BCUT2D eigenvalue weighted by atomic mass is 16.5. The molecule has 3 aromatic heterocycles. The first-order chi connectivity index (χ1) is 14.2. The van der Waals surface area contributed by atoms with E-state index in [4.69, 9.17) is 9.72 Å². The molecule has 4 aromatic rings. The summed E-state index contributed by atoms with van der Waals surface area (Å²) in [6.07, 6.45) is 1.58. The third-order valence-electron chi connectivity index (χ3n) is 5.79. The van der Waals surface area contributed by atoms with E-state index in [1.54, 1.807) is 27.2 Å². The second-order valence-corrected chi connectivity index (χ2v) is 7.59. The average Bonchev–Trinajstić information content (AvgIpc) is 3.22. The van der Waals surface area contributed by atoms with Crippen LogP contribution >= 0.6 is 0 Å². The lowest BCUT2D eigenvalue weighted by molar-refractivity contribution is 0.413. The summed E-state index contributed by atoms with van der Waals surface area (Å²) in [6.45, 7) is 11.4. The largest absolute Gasteiger partial charge is 0.495 e. The van der Waals surface area contributed by atoms with Crippen molar-refractivity contribution in [1.82, 2.24) is 23.1 Å². The third kappa shape index (κ3) is 2.49. The van der Waals surface area contributed by atoms with E-state index in [0.717, 1.165) is 22.6 Å². The van der Waals surface area contributed by atoms with Crippen molar-refractivity contribution >= 4 is 16.9 Å². The molecule has 0 unspecified atom stereocenters. The van der Waals surface area contributed by atoms with Gasteiger partial charge in [0.25, 0.3) is 5.56 Å². The van der Waals surface area contributed by atoms with Crippen molar-refractivity contribution in [2.75, 3.05) is 7.11 Å². The van der Waals surface area contributed by atoms with Crippen LogP contribution in [-0.2, 0) is 7.05 Å². The summed E-state index contributed by atoms with van der Waals surface area (Å²) in [6, 6.07) is 5.47. The summed E-state index contributed by atoms with van der Waals surface area (Å²) < 4.78 is 12.0. The van der Waals surface area contributed by atoms with Crippen LogP contribution in [0.5, 0.6) is 5.75 Å². The molecule has 8 heteroatoms. The van der Waals surface area contributed by atoms with E-state index in [-0.39, 0.29) is 5.56 Å². The summed E-state index contributed by atoms with van der Waals surface area (Å²) in [5, 5.41) is 0. The Hall–Kier alpha value is -3.55. The van der Waals surface area contributed by atoms with Gasteiger partial charge in [0.1, 0.15) is 5.75 Å². The molecule has 0 bridgehead atoms. The number of methoxy groups -OCH3 is 1. The minimum absolute atomic E-state index is 0.344. The monoisotopic (exact) mass is 407 g/mol. The first-order valence-corrected chi connectivity index (χ1v) is 9.72. The maximum atomic E-state index is 13.4. The molecule has 156 valence electrons. The molecule has 0 amide bonds. The van der Waals surface area contributed by atoms with Crippen molar-refractivity contribution in [3.8, 4) is 11.4 Å². The highest BCUT2D eigenvalue weighted by molar-refractivity contribution is 5.77. The number of rotatable bonds is 4. The SMILES string of the molecule is C=C[C@@H](C)n1c(=O)c2c(nc3n(-c4cc(C)ccc4OC)c(C)c(C)n23)n(C)c1=O. The quantitative estimate of drug-likeness (QED) is 0.488. The van der Waals surface area contributed by atoms with Crippen molar-refractivity contribution in [3.05, 3.63) is 68.6 Å². The first-order valence-electron chi connectivity index (χ1n) is 9.72. The number of benzene rings is 1. The average molecular weight is 407 g/mol. The van der Waals surface area contributed by atoms with Crippen LogP contribution in [0.1, 0.15) is 29.9 Å². The summed E-state index contributed by atoms with van der Waals surface area (Å²) in [5.41, 5.74) is 3.60. The van der Waals surface area contributed by atoms with Gasteiger partial charge in [-0.2, -0.15) is 4.98 Å². The zero-order valence-corrected chi connectivity index (χ0v) is 18.1. The van der Waals surface area contributed by atoms with Crippen LogP contribution in [-0.4, -0.2) is 30.2 Å². The van der Waals surface area contributed by atoms with Gasteiger partial charge in [0, 0.05) is 18.4 Å². The molecule has 1 atom stereocenters. The molecular weight excluding hydrogens is 382 g/mol. The van der Waals surface area contributed by atoms with Gasteiger partial charge in [-0.15, -0.1) is 6.58 Å². The Morgan fingerprint density at radius 2 is 1.87 bits per heavy atom. The first kappa shape index (κ1) is 19.8. The Kier molecular flexibility index (Phi) is 4.45. The highest BCUT2D eigenvalue weighted by Gasteiger charge is 2.25. The van der Waals surface area contributed by atoms with Crippen LogP contribution in [0.4, 0.5) is 0 Å². The number of ether oxygens (including phenoxy) is 1. The van der Waals surface area contributed by atoms with E-state index < -0.39 is 11.7 Å². The molecule has 30 heavy (non-hydrogen) atoms. The summed E-state index contributed by atoms with van der Waals surface area (Å²) >= 11 is 0. The highest BCUT2D eigenvalue weighted by Crippen LogP contribution is 2.30. The van der Waals surface area contributed by atoms with Gasteiger partial charge >= 0.3 is 5.69 Å². The number of allylic oxidation sites excluding steroid dienone is 1. The van der Waals surface area contributed by atoms with Crippen LogP contribution in [0.15, 0.2) is 40.4 Å². The lowest BCUT2D eigenvalue weighted by Gasteiger charge is -2.13. The predicted molar refractivity (Wildman–Crippen MR) is 117 cm³/mol. The maximum Gasteiger partial charge on any atom is 0.333 e. The molecule has 0 fully saturated rings. The van der Waals surface area contributed by atoms with Gasteiger partial charge in [-0.25, -0.2) is 4.79 Å². The van der Waals surface area contributed by atoms with Gasteiger partial charge in [0.05, 0.1) is 18.8 Å². The maximum absolute atomic E-state index is 13.4. The molecule has 4 rings (SSSR count). The normalized spacial score (nSPS) is 12.6. The van der Waals surface area contributed by atoms with Gasteiger partial charge in [0.2, 0.25) is 5.78 Å². The Morgan fingerprint density at radius 3 is 2.50 bits per heavy atom. The third-order valence-corrected chi connectivity index (χ3v) is 5.79. The lowest BCUT2D eigenvalue weighted by atomic mass is 10.2. The standard InChI is InChI=1S/C22H25N5O3/c1-8-13(3)25-20(28)18-19(24(6)22(25)29)23-21-26(14(4)15(5)27(18)21)16-11-12(2)9-10-17(16)30-7/h8-11,13H,1H2,2-7H3/t13-/m1/s1. The van der Waals surface area contributed by atoms with Crippen LogP contribution < -0.4 is 16.0 Å². The van der Waals surface area contributed by atoms with Gasteiger partial charge < -0.3 is 4.74 Å². The van der Waals surface area contributed by atoms with E-state index in [1.807, 2.05) is 47.9 Å². The molecule has 0 saturated heterocycles.